The largest absolute Gasteiger partial charge is 0.465 e. The first kappa shape index (κ1) is 17.7. The summed E-state index contributed by atoms with van der Waals surface area (Å²) in [5.74, 6) is -0.503. The van der Waals surface area contributed by atoms with Crippen LogP contribution in [0.4, 0.5) is 5.69 Å². The van der Waals surface area contributed by atoms with Gasteiger partial charge < -0.3 is 10.1 Å². The second-order valence-electron chi connectivity index (χ2n) is 6.41. The topological polar surface area (TPSA) is 67.8 Å². The molecule has 5 heteroatoms. The first-order valence-corrected chi connectivity index (χ1v) is 8.88. The standard InChI is InChI=1S/C23H18N2O3/c1-28-23(27)17-9-7-15(8-10-17)18-11-12-20-19(13-18)22(24-14-21(26)25-20)16-5-3-2-4-6-16/h2-13H,14H2,1H3,(H,25,26). The van der Waals surface area contributed by atoms with E-state index in [0.717, 1.165) is 33.7 Å². The van der Waals surface area contributed by atoms with Crippen molar-refractivity contribution in [3.63, 3.8) is 0 Å². The van der Waals surface area contributed by atoms with Crippen LogP contribution in [0, 0.1) is 0 Å². The Labute approximate surface area is 162 Å². The zero-order valence-corrected chi connectivity index (χ0v) is 15.3. The van der Waals surface area contributed by atoms with Crippen molar-refractivity contribution in [1.29, 1.82) is 0 Å². The minimum Gasteiger partial charge on any atom is -0.465 e. The number of nitrogens with one attached hydrogen (secondary N) is 1. The number of amides is 1. The number of esters is 1. The van der Waals surface area contributed by atoms with Gasteiger partial charge in [0.05, 0.1) is 24.1 Å². The highest BCUT2D eigenvalue weighted by Gasteiger charge is 2.18. The monoisotopic (exact) mass is 370 g/mol. The van der Waals surface area contributed by atoms with E-state index in [9.17, 15) is 9.59 Å². The van der Waals surface area contributed by atoms with Gasteiger partial charge in [-0.2, -0.15) is 0 Å². The summed E-state index contributed by atoms with van der Waals surface area (Å²) in [4.78, 5) is 28.2. The van der Waals surface area contributed by atoms with Gasteiger partial charge in [0.2, 0.25) is 5.91 Å². The number of benzodiazepines with no additional fused rings is 1. The van der Waals surface area contributed by atoms with Gasteiger partial charge in [0.1, 0.15) is 6.54 Å². The number of ether oxygens (including phenoxy) is 1. The third kappa shape index (κ3) is 3.42. The van der Waals surface area contributed by atoms with E-state index in [2.05, 4.69) is 10.3 Å². The lowest BCUT2D eigenvalue weighted by Gasteiger charge is -2.13. The number of benzene rings is 3. The smallest absolute Gasteiger partial charge is 0.337 e. The Morgan fingerprint density at radius 2 is 1.64 bits per heavy atom. The first-order chi connectivity index (χ1) is 13.7. The predicted octanol–water partition coefficient (Wildman–Crippen LogP) is 3.93. The molecule has 3 aromatic carbocycles. The molecule has 1 N–H and O–H groups in total. The minimum atomic E-state index is -0.366. The highest BCUT2D eigenvalue weighted by molar-refractivity contribution is 6.19. The molecule has 0 aliphatic carbocycles. The molecular weight excluding hydrogens is 352 g/mol. The van der Waals surface area contributed by atoms with Crippen molar-refractivity contribution in [3.05, 3.63) is 89.5 Å². The molecule has 0 aromatic heterocycles. The molecule has 1 aliphatic heterocycles. The maximum Gasteiger partial charge on any atom is 0.337 e. The number of nitrogens with zero attached hydrogens (tertiary/aromatic N) is 1. The minimum absolute atomic E-state index is 0.0854. The van der Waals surface area contributed by atoms with Crippen molar-refractivity contribution in [2.75, 3.05) is 19.0 Å². The molecule has 28 heavy (non-hydrogen) atoms. The predicted molar refractivity (Wildman–Crippen MR) is 109 cm³/mol. The molecule has 0 spiro atoms. The van der Waals surface area contributed by atoms with Crippen LogP contribution in [-0.2, 0) is 9.53 Å². The molecule has 0 atom stereocenters. The molecule has 1 heterocycles. The molecular formula is C23H18N2O3. The average Bonchev–Trinajstić information content (AvgIpc) is 2.91. The summed E-state index contributed by atoms with van der Waals surface area (Å²) < 4.78 is 4.75. The second-order valence-corrected chi connectivity index (χ2v) is 6.41. The van der Waals surface area contributed by atoms with Gasteiger partial charge in [-0.3, -0.25) is 9.79 Å². The molecule has 0 saturated carbocycles. The Hall–Kier alpha value is -3.73. The van der Waals surface area contributed by atoms with Crippen molar-refractivity contribution >= 4 is 23.3 Å². The Kier molecular flexibility index (Phi) is 4.72. The lowest BCUT2D eigenvalue weighted by Crippen LogP contribution is -2.13. The molecule has 3 aromatic rings. The lowest BCUT2D eigenvalue weighted by atomic mass is 9.95. The van der Waals surface area contributed by atoms with Gasteiger partial charge in [-0.05, 0) is 35.4 Å². The summed E-state index contributed by atoms with van der Waals surface area (Å²) in [6, 6.07) is 22.9. The van der Waals surface area contributed by atoms with E-state index >= 15 is 0 Å². The summed E-state index contributed by atoms with van der Waals surface area (Å²) in [6.45, 7) is 0.0854. The van der Waals surface area contributed by atoms with Crippen LogP contribution in [0.5, 0.6) is 0 Å². The Morgan fingerprint density at radius 1 is 0.929 bits per heavy atom. The summed E-state index contributed by atoms with van der Waals surface area (Å²) in [5.41, 5.74) is 5.76. The Bertz CT molecular complexity index is 1070. The van der Waals surface area contributed by atoms with E-state index in [-0.39, 0.29) is 18.4 Å². The summed E-state index contributed by atoms with van der Waals surface area (Å²) in [7, 11) is 1.36. The van der Waals surface area contributed by atoms with Gasteiger partial charge in [-0.1, -0.05) is 48.5 Å². The van der Waals surface area contributed by atoms with Crippen LogP contribution in [0.3, 0.4) is 0 Å². The van der Waals surface area contributed by atoms with Gasteiger partial charge in [0.25, 0.3) is 0 Å². The highest BCUT2D eigenvalue weighted by atomic mass is 16.5. The zero-order chi connectivity index (χ0) is 19.5. The third-order valence-electron chi connectivity index (χ3n) is 4.62. The Balaban J connectivity index is 1.78. The van der Waals surface area contributed by atoms with Crippen LogP contribution >= 0.6 is 0 Å². The van der Waals surface area contributed by atoms with Crippen LogP contribution < -0.4 is 5.32 Å². The SMILES string of the molecule is COC(=O)c1ccc(-c2ccc3c(c2)C(c2ccccc2)=NCC(=O)N3)cc1. The summed E-state index contributed by atoms with van der Waals surface area (Å²) in [6.07, 6.45) is 0. The fourth-order valence-corrected chi connectivity index (χ4v) is 3.21. The number of rotatable bonds is 3. The fraction of sp³-hybridized carbons (Fsp3) is 0.0870. The van der Waals surface area contributed by atoms with Crippen molar-refractivity contribution in [3.8, 4) is 11.1 Å². The van der Waals surface area contributed by atoms with Crippen LogP contribution in [0.1, 0.15) is 21.5 Å². The van der Waals surface area contributed by atoms with Crippen molar-refractivity contribution in [2.45, 2.75) is 0 Å². The number of hydrogen-bond acceptors (Lipinski definition) is 4. The lowest BCUT2D eigenvalue weighted by molar-refractivity contribution is -0.114. The van der Waals surface area contributed by atoms with Gasteiger partial charge in [0, 0.05) is 11.1 Å². The first-order valence-electron chi connectivity index (χ1n) is 8.88. The molecule has 1 amide bonds. The summed E-state index contributed by atoms with van der Waals surface area (Å²) in [5, 5.41) is 2.92. The molecule has 0 saturated heterocycles. The Morgan fingerprint density at radius 3 is 2.36 bits per heavy atom. The van der Waals surface area contributed by atoms with Gasteiger partial charge >= 0.3 is 5.97 Å². The molecule has 0 radical (unpaired) electrons. The number of carbonyl (C=O) groups excluding carboxylic acids is 2. The number of hydrogen-bond donors (Lipinski definition) is 1. The van der Waals surface area contributed by atoms with E-state index in [1.54, 1.807) is 12.1 Å². The normalized spacial score (nSPS) is 13.0. The number of anilines is 1. The maximum atomic E-state index is 12.0. The molecule has 0 bridgehead atoms. The number of aliphatic imine (C=N–C) groups is 1. The van der Waals surface area contributed by atoms with Crippen LogP contribution in [0.25, 0.3) is 11.1 Å². The molecule has 138 valence electrons. The van der Waals surface area contributed by atoms with E-state index in [1.165, 1.54) is 7.11 Å². The van der Waals surface area contributed by atoms with Crippen molar-refractivity contribution in [2.24, 2.45) is 4.99 Å². The van der Waals surface area contributed by atoms with Gasteiger partial charge in [0.15, 0.2) is 0 Å². The van der Waals surface area contributed by atoms with E-state index in [4.69, 9.17) is 4.74 Å². The van der Waals surface area contributed by atoms with Gasteiger partial charge in [-0.15, -0.1) is 0 Å². The maximum absolute atomic E-state index is 12.0. The molecule has 0 unspecified atom stereocenters. The second kappa shape index (κ2) is 7.48. The fourth-order valence-electron chi connectivity index (χ4n) is 3.21. The van der Waals surface area contributed by atoms with Crippen LogP contribution in [0.15, 0.2) is 77.8 Å². The molecule has 5 nitrogen and oxygen atoms in total. The highest BCUT2D eigenvalue weighted by Crippen LogP contribution is 2.29. The quantitative estimate of drug-likeness (QED) is 0.711. The molecule has 1 aliphatic rings. The average molecular weight is 370 g/mol. The number of methoxy groups -OCH3 is 1. The zero-order valence-electron chi connectivity index (χ0n) is 15.3. The van der Waals surface area contributed by atoms with E-state index in [1.807, 2.05) is 60.7 Å². The number of fused-ring (bicyclic) bond motifs is 1. The van der Waals surface area contributed by atoms with Crippen molar-refractivity contribution < 1.29 is 14.3 Å². The van der Waals surface area contributed by atoms with Crippen molar-refractivity contribution in [1.82, 2.24) is 0 Å². The van der Waals surface area contributed by atoms with Crippen LogP contribution in [0.2, 0.25) is 0 Å². The third-order valence-corrected chi connectivity index (χ3v) is 4.62. The van der Waals surface area contributed by atoms with E-state index in [0.29, 0.717) is 5.56 Å². The number of carbonyl (C=O) groups is 2. The van der Waals surface area contributed by atoms with Crippen LogP contribution in [-0.4, -0.2) is 31.2 Å². The molecule has 4 rings (SSSR count). The molecule has 0 fully saturated rings. The summed E-state index contributed by atoms with van der Waals surface area (Å²) >= 11 is 0. The van der Waals surface area contributed by atoms with Gasteiger partial charge in [-0.25, -0.2) is 4.79 Å². The van der Waals surface area contributed by atoms with E-state index < -0.39 is 0 Å².